The Kier molecular flexibility index (Phi) is 3.44. The molecule has 0 amide bonds. The first kappa shape index (κ1) is 12.8. The van der Waals surface area contributed by atoms with Gasteiger partial charge in [0.1, 0.15) is 11.7 Å². The minimum Gasteiger partial charge on any atom is -0.235 e. The van der Waals surface area contributed by atoms with Gasteiger partial charge in [-0.05, 0) is 17.0 Å². The molecule has 1 unspecified atom stereocenters. The van der Waals surface area contributed by atoms with Gasteiger partial charge in [-0.25, -0.2) is 9.97 Å². The van der Waals surface area contributed by atoms with E-state index >= 15 is 0 Å². The Morgan fingerprint density at radius 2 is 2.00 bits per heavy atom. The molecule has 0 spiro atoms. The van der Waals surface area contributed by atoms with Crippen molar-refractivity contribution in [2.45, 2.75) is 19.3 Å². The highest BCUT2D eigenvalue weighted by Crippen LogP contribution is 2.31. The standard InChI is InChI=1S/C16H13N3S/c1-2-14-18-13-8-9-20-16(13)15(19-14)12(10-17)11-6-4-3-5-7-11/h3-9,12H,2H2,1H3. The van der Waals surface area contributed by atoms with Crippen LogP contribution in [0.5, 0.6) is 0 Å². The Bertz CT molecular complexity index is 771. The van der Waals surface area contributed by atoms with Gasteiger partial charge in [-0.15, -0.1) is 11.3 Å². The van der Waals surface area contributed by atoms with E-state index < -0.39 is 0 Å². The normalized spacial score (nSPS) is 12.2. The van der Waals surface area contributed by atoms with Crippen LogP contribution in [0.2, 0.25) is 0 Å². The molecule has 3 aromatic rings. The van der Waals surface area contributed by atoms with E-state index in [-0.39, 0.29) is 5.92 Å². The van der Waals surface area contributed by atoms with Crippen LogP contribution >= 0.6 is 11.3 Å². The SMILES string of the molecule is CCc1nc(C(C#N)c2ccccc2)c2sccc2n1. The Balaban J connectivity index is 2.22. The number of fused-ring (bicyclic) bond motifs is 1. The van der Waals surface area contributed by atoms with E-state index in [1.54, 1.807) is 11.3 Å². The number of aromatic nitrogens is 2. The number of thiophene rings is 1. The van der Waals surface area contributed by atoms with Crippen LogP contribution in [0.1, 0.15) is 29.9 Å². The summed E-state index contributed by atoms with van der Waals surface area (Å²) < 4.78 is 1.01. The number of aryl methyl sites for hydroxylation is 1. The topological polar surface area (TPSA) is 49.6 Å². The van der Waals surface area contributed by atoms with Crippen molar-refractivity contribution < 1.29 is 0 Å². The van der Waals surface area contributed by atoms with Gasteiger partial charge in [0.15, 0.2) is 0 Å². The highest BCUT2D eigenvalue weighted by atomic mass is 32.1. The van der Waals surface area contributed by atoms with Crippen LogP contribution in [0.15, 0.2) is 41.8 Å². The molecule has 0 saturated carbocycles. The van der Waals surface area contributed by atoms with Gasteiger partial charge in [-0.1, -0.05) is 37.3 Å². The van der Waals surface area contributed by atoms with E-state index in [9.17, 15) is 5.26 Å². The van der Waals surface area contributed by atoms with Crippen LogP contribution in [0.3, 0.4) is 0 Å². The molecule has 3 rings (SSSR count). The summed E-state index contributed by atoms with van der Waals surface area (Å²) in [6, 6.07) is 14.2. The maximum atomic E-state index is 9.59. The molecule has 2 heterocycles. The first-order valence-electron chi connectivity index (χ1n) is 6.52. The molecule has 0 bridgehead atoms. The lowest BCUT2D eigenvalue weighted by Gasteiger charge is -2.11. The zero-order chi connectivity index (χ0) is 13.9. The minimum absolute atomic E-state index is 0.342. The summed E-state index contributed by atoms with van der Waals surface area (Å²) in [6.07, 6.45) is 0.770. The number of hydrogen-bond donors (Lipinski definition) is 0. The van der Waals surface area contributed by atoms with Crippen molar-refractivity contribution >= 4 is 21.6 Å². The van der Waals surface area contributed by atoms with E-state index in [4.69, 9.17) is 0 Å². The Labute approximate surface area is 121 Å². The summed E-state index contributed by atoms with van der Waals surface area (Å²) >= 11 is 1.60. The third kappa shape index (κ3) is 2.17. The lowest BCUT2D eigenvalue weighted by Crippen LogP contribution is -2.05. The van der Waals surface area contributed by atoms with E-state index in [1.165, 1.54) is 0 Å². The van der Waals surface area contributed by atoms with Crippen molar-refractivity contribution in [2.75, 3.05) is 0 Å². The quantitative estimate of drug-likeness (QED) is 0.730. The predicted octanol–water partition coefficient (Wildman–Crippen LogP) is 3.91. The Hall–Kier alpha value is -2.25. The zero-order valence-electron chi connectivity index (χ0n) is 11.1. The second-order valence-electron chi connectivity index (χ2n) is 4.49. The number of nitrogens with zero attached hydrogens (tertiary/aromatic N) is 3. The van der Waals surface area contributed by atoms with Gasteiger partial charge in [-0.3, -0.25) is 0 Å². The lowest BCUT2D eigenvalue weighted by molar-refractivity contribution is 0.893. The van der Waals surface area contributed by atoms with Gasteiger partial charge in [0, 0.05) is 6.42 Å². The molecule has 2 aromatic heterocycles. The van der Waals surface area contributed by atoms with Crippen LogP contribution in [-0.4, -0.2) is 9.97 Å². The summed E-state index contributed by atoms with van der Waals surface area (Å²) in [5.74, 6) is 0.452. The minimum atomic E-state index is -0.342. The molecule has 0 radical (unpaired) electrons. The summed E-state index contributed by atoms with van der Waals surface area (Å²) in [5, 5.41) is 11.6. The third-order valence-corrected chi connectivity index (χ3v) is 4.15. The average Bonchev–Trinajstić information content (AvgIpc) is 2.97. The number of nitriles is 1. The first-order chi connectivity index (χ1) is 9.83. The molecule has 0 aliphatic rings. The highest BCUT2D eigenvalue weighted by molar-refractivity contribution is 7.17. The van der Waals surface area contributed by atoms with Gasteiger partial charge in [0.2, 0.25) is 0 Å². The van der Waals surface area contributed by atoms with Crippen LogP contribution < -0.4 is 0 Å². The van der Waals surface area contributed by atoms with E-state index in [1.807, 2.05) is 48.7 Å². The fourth-order valence-electron chi connectivity index (χ4n) is 2.23. The molecule has 98 valence electrons. The third-order valence-electron chi connectivity index (χ3n) is 3.23. The maximum Gasteiger partial charge on any atom is 0.129 e. The number of hydrogen-bond acceptors (Lipinski definition) is 4. The van der Waals surface area contributed by atoms with Crippen molar-refractivity contribution in [3.05, 3.63) is 58.9 Å². The van der Waals surface area contributed by atoms with E-state index in [0.717, 1.165) is 33.7 Å². The van der Waals surface area contributed by atoms with Crippen LogP contribution in [-0.2, 0) is 6.42 Å². The second-order valence-corrected chi connectivity index (χ2v) is 5.40. The fraction of sp³-hybridized carbons (Fsp3) is 0.188. The summed E-state index contributed by atoms with van der Waals surface area (Å²) in [5.41, 5.74) is 2.74. The van der Waals surface area contributed by atoms with Gasteiger partial charge in [-0.2, -0.15) is 5.26 Å². The first-order valence-corrected chi connectivity index (χ1v) is 7.40. The van der Waals surface area contributed by atoms with Gasteiger partial charge >= 0.3 is 0 Å². The Morgan fingerprint density at radius 1 is 1.20 bits per heavy atom. The molecule has 3 nitrogen and oxygen atoms in total. The van der Waals surface area contributed by atoms with Crippen LogP contribution in [0.4, 0.5) is 0 Å². The van der Waals surface area contributed by atoms with E-state index in [0.29, 0.717) is 0 Å². The molecule has 4 heteroatoms. The molecule has 0 N–H and O–H groups in total. The Morgan fingerprint density at radius 3 is 2.70 bits per heavy atom. The molecule has 0 saturated heterocycles. The zero-order valence-corrected chi connectivity index (χ0v) is 11.9. The van der Waals surface area contributed by atoms with Crippen molar-refractivity contribution in [1.29, 1.82) is 5.26 Å². The summed E-state index contributed by atoms with van der Waals surface area (Å²) in [6.45, 7) is 2.03. The van der Waals surface area contributed by atoms with Crippen LogP contribution in [0, 0.1) is 11.3 Å². The van der Waals surface area contributed by atoms with Crippen molar-refractivity contribution in [2.24, 2.45) is 0 Å². The number of rotatable bonds is 3. The van der Waals surface area contributed by atoms with Crippen molar-refractivity contribution in [1.82, 2.24) is 9.97 Å². The fourth-order valence-corrected chi connectivity index (χ4v) is 3.08. The summed E-state index contributed by atoms with van der Waals surface area (Å²) in [7, 11) is 0. The largest absolute Gasteiger partial charge is 0.235 e. The monoisotopic (exact) mass is 279 g/mol. The molecule has 20 heavy (non-hydrogen) atoms. The van der Waals surface area contributed by atoms with Gasteiger partial charge < -0.3 is 0 Å². The second kappa shape index (κ2) is 5.40. The number of benzene rings is 1. The molecule has 1 aromatic carbocycles. The smallest absolute Gasteiger partial charge is 0.129 e. The molecular formula is C16H13N3S. The maximum absolute atomic E-state index is 9.59. The molecular weight excluding hydrogens is 266 g/mol. The van der Waals surface area contributed by atoms with Gasteiger partial charge in [0.25, 0.3) is 0 Å². The molecule has 0 fully saturated rings. The molecule has 1 atom stereocenters. The van der Waals surface area contributed by atoms with Gasteiger partial charge in [0.05, 0.1) is 22.0 Å². The predicted molar refractivity (Wildman–Crippen MR) is 80.7 cm³/mol. The van der Waals surface area contributed by atoms with Crippen LogP contribution in [0.25, 0.3) is 10.2 Å². The van der Waals surface area contributed by atoms with E-state index in [2.05, 4.69) is 16.0 Å². The lowest BCUT2D eigenvalue weighted by atomic mass is 9.96. The molecule has 0 aliphatic carbocycles. The van der Waals surface area contributed by atoms with Crippen molar-refractivity contribution in [3.8, 4) is 6.07 Å². The summed E-state index contributed by atoms with van der Waals surface area (Å²) in [4.78, 5) is 9.13. The molecule has 0 aliphatic heterocycles. The average molecular weight is 279 g/mol. The highest BCUT2D eigenvalue weighted by Gasteiger charge is 2.20. The van der Waals surface area contributed by atoms with Crippen molar-refractivity contribution in [3.63, 3.8) is 0 Å².